The number of hydrogen-bond acceptors (Lipinski definition) is 5. The van der Waals surface area contributed by atoms with E-state index in [1.165, 1.54) is 6.92 Å². The SMILES string of the molecule is CC1(Cn2nc(C(C)(F)F)c(C(F)(F)F)c2C(=O)N=c2ccn(O)c(S(C)(=N)=O)c2)CC(F)(F)C1. The van der Waals surface area contributed by atoms with Crippen LogP contribution in [-0.4, -0.2) is 42.0 Å². The summed E-state index contributed by atoms with van der Waals surface area (Å²) in [5.74, 6) is -8.91. The summed E-state index contributed by atoms with van der Waals surface area (Å²) in [7, 11) is -3.57. The second-order valence-corrected chi connectivity index (χ2v) is 11.1. The van der Waals surface area contributed by atoms with Gasteiger partial charge in [-0.2, -0.15) is 31.8 Å². The van der Waals surface area contributed by atoms with Crippen LogP contribution in [0.25, 0.3) is 0 Å². The van der Waals surface area contributed by atoms with Gasteiger partial charge in [0.2, 0.25) is 5.92 Å². The standard InChI is InChI=1S/C19H20F7N5O3S/c1-16(7-18(22,23)8-16)9-30-13(12(19(24,25)26)14(29-30)17(2,20)21)15(32)28-10-4-5-31(33)11(6-10)35(3,27)34/h4-6,27,33H,7-9H2,1-3H3. The summed E-state index contributed by atoms with van der Waals surface area (Å²) in [5.41, 5.74) is -6.52. The van der Waals surface area contributed by atoms with E-state index in [2.05, 4.69) is 10.1 Å². The zero-order chi connectivity index (χ0) is 26.8. The molecule has 1 atom stereocenters. The van der Waals surface area contributed by atoms with E-state index in [1.807, 2.05) is 0 Å². The first-order chi connectivity index (χ1) is 15.6. The molecule has 1 unspecified atom stereocenters. The molecule has 2 N–H and O–H groups in total. The molecule has 2 aromatic rings. The van der Waals surface area contributed by atoms with Gasteiger partial charge >= 0.3 is 6.18 Å². The monoisotopic (exact) mass is 531 g/mol. The fourth-order valence-electron chi connectivity index (χ4n) is 4.03. The number of rotatable bonds is 5. The Morgan fingerprint density at radius 1 is 1.29 bits per heavy atom. The summed E-state index contributed by atoms with van der Waals surface area (Å²) in [6.07, 6.45) is -5.24. The highest BCUT2D eigenvalue weighted by Crippen LogP contribution is 2.53. The number of aromatic nitrogens is 3. The fraction of sp³-hybridized carbons (Fsp3) is 0.526. The summed E-state index contributed by atoms with van der Waals surface area (Å²) < 4.78 is 117. The minimum atomic E-state index is -5.48. The number of halogens is 7. The molecule has 194 valence electrons. The lowest BCUT2D eigenvalue weighted by molar-refractivity contribution is -0.160. The van der Waals surface area contributed by atoms with Crippen molar-refractivity contribution in [1.82, 2.24) is 14.5 Å². The van der Waals surface area contributed by atoms with E-state index in [-0.39, 0.29) is 11.7 Å². The summed E-state index contributed by atoms with van der Waals surface area (Å²) in [6, 6.07) is 1.73. The third-order valence-electron chi connectivity index (χ3n) is 5.27. The Hall–Kier alpha value is -2.91. The maximum absolute atomic E-state index is 14.1. The average Bonchev–Trinajstić information content (AvgIpc) is 3.00. The van der Waals surface area contributed by atoms with Crippen molar-refractivity contribution in [3.05, 3.63) is 40.6 Å². The number of amides is 1. The highest BCUT2D eigenvalue weighted by Gasteiger charge is 2.55. The third kappa shape index (κ3) is 5.51. The van der Waals surface area contributed by atoms with Crippen LogP contribution in [0.5, 0.6) is 0 Å². The van der Waals surface area contributed by atoms with Crippen LogP contribution in [0.4, 0.5) is 30.7 Å². The lowest BCUT2D eigenvalue weighted by atomic mass is 9.67. The number of pyridine rings is 1. The Morgan fingerprint density at radius 3 is 2.31 bits per heavy atom. The van der Waals surface area contributed by atoms with E-state index in [4.69, 9.17) is 4.78 Å². The second kappa shape index (κ2) is 8.06. The van der Waals surface area contributed by atoms with Crippen LogP contribution in [0.3, 0.4) is 0 Å². The number of carbonyl (C=O) groups excluding carboxylic acids is 1. The van der Waals surface area contributed by atoms with Crippen LogP contribution < -0.4 is 5.36 Å². The quantitative estimate of drug-likeness (QED) is 0.443. The van der Waals surface area contributed by atoms with Crippen LogP contribution >= 0.6 is 0 Å². The van der Waals surface area contributed by atoms with Crippen molar-refractivity contribution in [3.63, 3.8) is 0 Å². The number of alkyl halides is 7. The van der Waals surface area contributed by atoms with Gasteiger partial charge in [0, 0.05) is 44.8 Å². The number of nitrogens with one attached hydrogen (secondary N) is 1. The zero-order valence-electron chi connectivity index (χ0n) is 18.5. The fourth-order valence-corrected chi connectivity index (χ4v) is 4.80. The molecular weight excluding hydrogens is 511 g/mol. The van der Waals surface area contributed by atoms with E-state index in [9.17, 15) is 44.9 Å². The molecule has 1 aliphatic rings. The van der Waals surface area contributed by atoms with Crippen molar-refractivity contribution in [3.8, 4) is 0 Å². The zero-order valence-corrected chi connectivity index (χ0v) is 19.3. The van der Waals surface area contributed by atoms with Gasteiger partial charge in [-0.15, -0.1) is 0 Å². The lowest BCUT2D eigenvalue weighted by Gasteiger charge is -2.44. The molecule has 0 aromatic carbocycles. The first kappa shape index (κ1) is 26.7. The van der Waals surface area contributed by atoms with Crippen molar-refractivity contribution in [2.75, 3.05) is 6.26 Å². The number of nitrogens with zero attached hydrogens (tertiary/aromatic N) is 4. The van der Waals surface area contributed by atoms with Crippen LogP contribution in [-0.2, 0) is 28.4 Å². The Bertz CT molecular complexity index is 1350. The van der Waals surface area contributed by atoms with Gasteiger partial charge in [-0.25, -0.2) is 22.8 Å². The molecule has 3 rings (SSSR count). The molecule has 0 aliphatic heterocycles. The molecule has 16 heteroatoms. The molecule has 1 amide bonds. The van der Waals surface area contributed by atoms with E-state index in [0.29, 0.717) is 4.68 Å². The second-order valence-electron chi connectivity index (χ2n) is 8.96. The molecule has 0 saturated heterocycles. The Balaban J connectivity index is 2.23. The topological polar surface area (TPSA) is 113 Å². The predicted octanol–water partition coefficient (Wildman–Crippen LogP) is 4.26. The van der Waals surface area contributed by atoms with Crippen molar-refractivity contribution in [1.29, 1.82) is 4.78 Å². The van der Waals surface area contributed by atoms with Gasteiger partial charge in [0.15, 0.2) is 5.03 Å². The minimum Gasteiger partial charge on any atom is -0.428 e. The number of carbonyl (C=O) groups is 1. The van der Waals surface area contributed by atoms with Crippen molar-refractivity contribution >= 4 is 15.6 Å². The van der Waals surface area contributed by atoms with Gasteiger partial charge in [-0.3, -0.25) is 9.48 Å². The molecular formula is C19H20F7N5O3S. The molecule has 0 bridgehead atoms. The van der Waals surface area contributed by atoms with E-state index >= 15 is 0 Å². The molecule has 2 aromatic heterocycles. The summed E-state index contributed by atoms with van der Waals surface area (Å²) in [6.45, 7) is 0.754. The Morgan fingerprint density at radius 2 is 1.86 bits per heavy atom. The third-order valence-corrected chi connectivity index (χ3v) is 6.37. The van der Waals surface area contributed by atoms with Gasteiger partial charge in [-0.1, -0.05) is 6.92 Å². The number of hydrogen-bond donors (Lipinski definition) is 2. The Labute approximate surface area is 194 Å². The van der Waals surface area contributed by atoms with Crippen LogP contribution in [0.1, 0.15) is 48.4 Å². The summed E-state index contributed by atoms with van der Waals surface area (Å²) >= 11 is 0. The van der Waals surface area contributed by atoms with Crippen LogP contribution in [0.15, 0.2) is 28.3 Å². The lowest BCUT2D eigenvalue weighted by Crippen LogP contribution is -2.47. The molecule has 8 nitrogen and oxygen atoms in total. The van der Waals surface area contributed by atoms with Crippen molar-refractivity contribution < 1.29 is 44.9 Å². The Kier molecular flexibility index (Phi) is 6.15. The molecule has 1 aliphatic carbocycles. The highest BCUT2D eigenvalue weighted by molar-refractivity contribution is 7.91. The van der Waals surface area contributed by atoms with Crippen LogP contribution in [0, 0.1) is 10.2 Å². The smallest absolute Gasteiger partial charge is 0.420 e. The first-order valence-electron chi connectivity index (χ1n) is 9.82. The summed E-state index contributed by atoms with van der Waals surface area (Å²) in [4.78, 5) is 16.4. The van der Waals surface area contributed by atoms with Crippen LogP contribution in [0.2, 0.25) is 0 Å². The minimum absolute atomic E-state index is 0.148. The van der Waals surface area contributed by atoms with Gasteiger partial charge in [0.05, 0.1) is 15.1 Å². The molecule has 1 fully saturated rings. The van der Waals surface area contributed by atoms with E-state index in [1.54, 1.807) is 0 Å². The predicted molar refractivity (Wildman–Crippen MR) is 106 cm³/mol. The maximum Gasteiger partial charge on any atom is 0.420 e. The van der Waals surface area contributed by atoms with Gasteiger partial charge in [0.1, 0.15) is 17.0 Å². The highest BCUT2D eigenvalue weighted by atomic mass is 32.2. The van der Waals surface area contributed by atoms with E-state index < -0.39 is 85.8 Å². The average molecular weight is 531 g/mol. The van der Waals surface area contributed by atoms with Gasteiger partial charge < -0.3 is 5.21 Å². The molecule has 0 radical (unpaired) electrons. The first-order valence-corrected chi connectivity index (χ1v) is 11.8. The molecule has 1 saturated carbocycles. The van der Waals surface area contributed by atoms with Crippen molar-refractivity contribution in [2.45, 2.75) is 56.3 Å². The molecule has 0 spiro atoms. The summed E-state index contributed by atoms with van der Waals surface area (Å²) in [5, 5.41) is 12.0. The van der Waals surface area contributed by atoms with Gasteiger partial charge in [-0.05, 0) is 11.5 Å². The largest absolute Gasteiger partial charge is 0.428 e. The molecule has 35 heavy (non-hydrogen) atoms. The van der Waals surface area contributed by atoms with Gasteiger partial charge in [0.25, 0.3) is 11.8 Å². The molecule has 2 heterocycles. The van der Waals surface area contributed by atoms with E-state index in [0.717, 1.165) is 24.6 Å². The maximum atomic E-state index is 14.1. The normalized spacial score (nSPS) is 19.8. The van der Waals surface area contributed by atoms with Crippen molar-refractivity contribution in [2.24, 2.45) is 10.4 Å².